The average Bonchev–Trinajstić information content (AvgIpc) is 2.34. The number of hydrogen-bond donors (Lipinski definition) is 1. The first-order valence-electron chi connectivity index (χ1n) is 8.02. The first-order valence-corrected chi connectivity index (χ1v) is 8.02. The lowest BCUT2D eigenvalue weighted by Gasteiger charge is -2.42. The zero-order valence-electron chi connectivity index (χ0n) is 13.9. The number of hydrogen-bond acceptors (Lipinski definition) is 2. The minimum atomic E-state index is -4.06. The van der Waals surface area contributed by atoms with Crippen LogP contribution in [-0.2, 0) is 0 Å². The molecule has 0 heterocycles. The van der Waals surface area contributed by atoms with Gasteiger partial charge in [-0.3, -0.25) is 0 Å². The molecule has 21 heavy (non-hydrogen) atoms. The maximum Gasteiger partial charge on any atom is 0.390 e. The van der Waals surface area contributed by atoms with Crippen LogP contribution in [0, 0.1) is 5.41 Å². The molecule has 0 aromatic rings. The highest BCUT2D eigenvalue weighted by Crippen LogP contribution is 2.37. The summed E-state index contributed by atoms with van der Waals surface area (Å²) in [5, 5.41) is 3.56. The zero-order valence-corrected chi connectivity index (χ0v) is 13.9. The first kappa shape index (κ1) is 18.8. The second-order valence-corrected chi connectivity index (χ2v) is 7.77. The third-order valence-electron chi connectivity index (χ3n) is 4.29. The van der Waals surface area contributed by atoms with Gasteiger partial charge in [0.2, 0.25) is 0 Å². The van der Waals surface area contributed by atoms with Gasteiger partial charge in [0.05, 0.1) is 6.42 Å². The summed E-state index contributed by atoms with van der Waals surface area (Å²) in [6.07, 6.45) is 1.10. The topological polar surface area (TPSA) is 15.3 Å². The molecule has 0 amide bonds. The van der Waals surface area contributed by atoms with Crippen molar-refractivity contribution >= 4 is 0 Å². The van der Waals surface area contributed by atoms with Crippen LogP contribution in [0.2, 0.25) is 0 Å². The van der Waals surface area contributed by atoms with Crippen molar-refractivity contribution in [3.63, 3.8) is 0 Å². The van der Waals surface area contributed by atoms with Crippen molar-refractivity contribution in [3.8, 4) is 0 Å². The fourth-order valence-electron chi connectivity index (χ4n) is 3.11. The van der Waals surface area contributed by atoms with Gasteiger partial charge in [0.25, 0.3) is 0 Å². The van der Waals surface area contributed by atoms with E-state index in [4.69, 9.17) is 0 Å². The maximum atomic E-state index is 12.4. The molecule has 0 atom stereocenters. The second kappa shape index (κ2) is 7.32. The van der Waals surface area contributed by atoms with Crippen LogP contribution >= 0.6 is 0 Å². The van der Waals surface area contributed by atoms with Crippen molar-refractivity contribution in [2.24, 2.45) is 5.41 Å². The van der Waals surface area contributed by atoms with Gasteiger partial charge in [-0.1, -0.05) is 19.3 Å². The minimum absolute atomic E-state index is 0.0506. The second-order valence-electron chi connectivity index (χ2n) is 7.77. The van der Waals surface area contributed by atoms with Crippen LogP contribution in [-0.4, -0.2) is 43.3 Å². The molecule has 0 aliphatic heterocycles. The fraction of sp³-hybridized carbons (Fsp3) is 1.00. The Balaban J connectivity index is 2.56. The van der Waals surface area contributed by atoms with E-state index in [9.17, 15) is 13.2 Å². The highest BCUT2D eigenvalue weighted by Gasteiger charge is 2.35. The molecule has 1 saturated carbocycles. The number of alkyl halides is 3. The Morgan fingerprint density at radius 1 is 1.05 bits per heavy atom. The van der Waals surface area contributed by atoms with E-state index in [1.165, 1.54) is 19.3 Å². The van der Waals surface area contributed by atoms with Gasteiger partial charge < -0.3 is 10.2 Å². The Labute approximate surface area is 127 Å². The smallest absolute Gasteiger partial charge is 0.311 e. The molecule has 1 aliphatic rings. The Hall–Kier alpha value is -0.290. The molecule has 1 N–H and O–H groups in total. The largest absolute Gasteiger partial charge is 0.390 e. The Morgan fingerprint density at radius 3 is 2.10 bits per heavy atom. The molecule has 0 aromatic heterocycles. The molecule has 1 fully saturated rings. The number of nitrogens with one attached hydrogen (secondary N) is 1. The van der Waals surface area contributed by atoms with E-state index >= 15 is 0 Å². The highest BCUT2D eigenvalue weighted by atomic mass is 19.4. The first-order chi connectivity index (χ1) is 9.52. The van der Waals surface area contributed by atoms with E-state index in [0.29, 0.717) is 0 Å². The van der Waals surface area contributed by atoms with Gasteiger partial charge in [0.15, 0.2) is 0 Å². The van der Waals surface area contributed by atoms with E-state index in [-0.39, 0.29) is 17.5 Å². The van der Waals surface area contributed by atoms with E-state index < -0.39 is 12.6 Å². The van der Waals surface area contributed by atoms with Crippen LogP contribution < -0.4 is 5.32 Å². The average molecular weight is 308 g/mol. The van der Waals surface area contributed by atoms with Crippen LogP contribution in [0.5, 0.6) is 0 Å². The summed E-state index contributed by atoms with van der Waals surface area (Å²) in [5.41, 5.74) is 0.181. The molecule has 0 saturated heterocycles. The Kier molecular flexibility index (Phi) is 6.54. The van der Waals surface area contributed by atoms with E-state index in [0.717, 1.165) is 25.9 Å². The predicted octanol–water partition coefficient (Wildman–Crippen LogP) is 4.21. The van der Waals surface area contributed by atoms with Gasteiger partial charge in [0.1, 0.15) is 0 Å². The summed E-state index contributed by atoms with van der Waals surface area (Å²) in [5.74, 6) is 0. The molecule has 0 unspecified atom stereocenters. The van der Waals surface area contributed by atoms with Crippen molar-refractivity contribution in [1.29, 1.82) is 0 Å². The molecule has 0 radical (unpaired) electrons. The molecule has 0 bridgehead atoms. The lowest BCUT2D eigenvalue weighted by molar-refractivity contribution is -0.138. The molecular formula is C16H31F3N2. The quantitative estimate of drug-likeness (QED) is 0.791. The SMILES string of the molecule is CN(CCC(F)(F)F)CC1(CNC(C)(C)C)CCCCC1. The van der Waals surface area contributed by atoms with Crippen LogP contribution in [0.15, 0.2) is 0 Å². The van der Waals surface area contributed by atoms with Crippen LogP contribution in [0.3, 0.4) is 0 Å². The van der Waals surface area contributed by atoms with E-state index in [2.05, 4.69) is 26.1 Å². The monoisotopic (exact) mass is 308 g/mol. The summed E-state index contributed by atoms with van der Waals surface area (Å²) >= 11 is 0. The molecule has 1 aliphatic carbocycles. The maximum absolute atomic E-state index is 12.4. The van der Waals surface area contributed by atoms with Crippen molar-refractivity contribution in [1.82, 2.24) is 10.2 Å². The zero-order chi connectivity index (χ0) is 16.1. The standard InChI is InChI=1S/C16H31F3N2/c1-14(2,3)20-12-15(8-6-5-7-9-15)13-21(4)11-10-16(17,18)19/h20H,5-13H2,1-4H3. The third kappa shape index (κ3) is 8.05. The van der Waals surface area contributed by atoms with Gasteiger partial charge in [-0.05, 0) is 46.1 Å². The van der Waals surface area contributed by atoms with E-state index in [1.54, 1.807) is 0 Å². The van der Waals surface area contributed by atoms with Crippen LogP contribution in [0.25, 0.3) is 0 Å². The van der Waals surface area contributed by atoms with Gasteiger partial charge >= 0.3 is 6.18 Å². The molecule has 0 spiro atoms. The van der Waals surface area contributed by atoms with Gasteiger partial charge in [-0.25, -0.2) is 0 Å². The summed E-state index contributed by atoms with van der Waals surface area (Å²) in [6.45, 7) is 8.16. The normalized spacial score (nSPS) is 20.0. The van der Waals surface area contributed by atoms with Crippen LogP contribution in [0.1, 0.15) is 59.3 Å². The summed E-state index contributed by atoms with van der Waals surface area (Å²) < 4.78 is 37.1. The summed E-state index contributed by atoms with van der Waals surface area (Å²) in [7, 11) is 1.82. The van der Waals surface area contributed by atoms with Crippen molar-refractivity contribution in [2.75, 3.05) is 26.7 Å². The lowest BCUT2D eigenvalue weighted by Crippen LogP contribution is -2.49. The molecule has 126 valence electrons. The molecule has 0 aromatic carbocycles. The highest BCUT2D eigenvalue weighted by molar-refractivity contribution is 4.89. The molecule has 5 heteroatoms. The van der Waals surface area contributed by atoms with Gasteiger partial charge in [-0.15, -0.1) is 0 Å². The number of nitrogens with zero attached hydrogens (tertiary/aromatic N) is 1. The third-order valence-corrected chi connectivity index (χ3v) is 4.29. The van der Waals surface area contributed by atoms with Crippen molar-refractivity contribution < 1.29 is 13.2 Å². The van der Waals surface area contributed by atoms with Crippen molar-refractivity contribution in [3.05, 3.63) is 0 Å². The van der Waals surface area contributed by atoms with E-state index in [1.807, 2.05) is 11.9 Å². The predicted molar refractivity (Wildman–Crippen MR) is 81.4 cm³/mol. The van der Waals surface area contributed by atoms with Crippen LogP contribution in [0.4, 0.5) is 13.2 Å². The summed E-state index contributed by atoms with van der Waals surface area (Å²) in [4.78, 5) is 1.86. The fourth-order valence-corrected chi connectivity index (χ4v) is 3.11. The Bertz CT molecular complexity index is 302. The Morgan fingerprint density at radius 2 is 1.62 bits per heavy atom. The molecule has 1 rings (SSSR count). The molecule has 2 nitrogen and oxygen atoms in total. The minimum Gasteiger partial charge on any atom is -0.311 e. The van der Waals surface area contributed by atoms with Gasteiger partial charge in [-0.2, -0.15) is 13.2 Å². The lowest BCUT2D eigenvalue weighted by atomic mass is 9.73. The molecular weight excluding hydrogens is 277 g/mol. The summed E-state index contributed by atoms with van der Waals surface area (Å²) in [6, 6.07) is 0. The van der Waals surface area contributed by atoms with Gasteiger partial charge in [0, 0.05) is 25.2 Å². The van der Waals surface area contributed by atoms with Crippen molar-refractivity contribution in [2.45, 2.75) is 71.0 Å². The number of rotatable bonds is 6. The number of halogens is 3.